The molecule has 0 saturated carbocycles. The fourth-order valence-corrected chi connectivity index (χ4v) is 1.25. The predicted octanol–water partition coefficient (Wildman–Crippen LogP) is 1.88. The molecule has 1 amide bonds. The Labute approximate surface area is 101 Å². The highest BCUT2D eigenvalue weighted by Crippen LogP contribution is 2.16. The molecule has 0 unspecified atom stereocenters. The SMILES string of the molecule is CC(C)(CNC(=O)c1coc(Br)c1)C(=O)O. The van der Waals surface area contributed by atoms with E-state index in [9.17, 15) is 9.59 Å². The molecule has 1 aromatic rings. The topological polar surface area (TPSA) is 79.5 Å². The van der Waals surface area contributed by atoms with E-state index in [1.165, 1.54) is 12.3 Å². The van der Waals surface area contributed by atoms with Crippen LogP contribution < -0.4 is 5.32 Å². The van der Waals surface area contributed by atoms with Crippen LogP contribution in [-0.2, 0) is 4.79 Å². The molecule has 0 aliphatic rings. The lowest BCUT2D eigenvalue weighted by Gasteiger charge is -2.18. The smallest absolute Gasteiger partial charge is 0.310 e. The summed E-state index contributed by atoms with van der Waals surface area (Å²) >= 11 is 3.07. The summed E-state index contributed by atoms with van der Waals surface area (Å²) < 4.78 is 5.36. The molecular weight excluding hydrogens is 278 g/mol. The van der Waals surface area contributed by atoms with Crippen LogP contribution in [0.15, 0.2) is 21.4 Å². The highest BCUT2D eigenvalue weighted by molar-refractivity contribution is 9.10. The lowest BCUT2D eigenvalue weighted by Crippen LogP contribution is -2.38. The van der Waals surface area contributed by atoms with Gasteiger partial charge in [0.2, 0.25) is 0 Å². The molecule has 16 heavy (non-hydrogen) atoms. The molecule has 0 atom stereocenters. The van der Waals surface area contributed by atoms with E-state index in [2.05, 4.69) is 21.2 Å². The number of furan rings is 1. The van der Waals surface area contributed by atoms with E-state index in [0.29, 0.717) is 10.2 Å². The molecule has 0 spiro atoms. The normalized spacial score (nSPS) is 11.2. The second-order valence-electron chi connectivity index (χ2n) is 4.01. The van der Waals surface area contributed by atoms with Crippen molar-refractivity contribution in [2.75, 3.05) is 6.54 Å². The second kappa shape index (κ2) is 4.69. The van der Waals surface area contributed by atoms with Crippen molar-refractivity contribution >= 4 is 27.8 Å². The Balaban J connectivity index is 2.57. The summed E-state index contributed by atoms with van der Waals surface area (Å²) in [5.41, 5.74) is -0.635. The average Bonchev–Trinajstić information content (AvgIpc) is 2.61. The monoisotopic (exact) mass is 289 g/mol. The van der Waals surface area contributed by atoms with Crippen molar-refractivity contribution in [2.24, 2.45) is 5.41 Å². The van der Waals surface area contributed by atoms with Gasteiger partial charge in [0, 0.05) is 12.6 Å². The van der Waals surface area contributed by atoms with Crippen molar-refractivity contribution in [3.05, 3.63) is 22.6 Å². The second-order valence-corrected chi connectivity index (χ2v) is 4.79. The van der Waals surface area contributed by atoms with E-state index in [-0.39, 0.29) is 12.5 Å². The van der Waals surface area contributed by atoms with E-state index in [1.807, 2.05) is 0 Å². The van der Waals surface area contributed by atoms with Crippen molar-refractivity contribution in [3.8, 4) is 0 Å². The van der Waals surface area contributed by atoms with Crippen LogP contribution in [0.1, 0.15) is 24.2 Å². The molecule has 88 valence electrons. The number of rotatable bonds is 4. The van der Waals surface area contributed by atoms with E-state index in [4.69, 9.17) is 9.52 Å². The van der Waals surface area contributed by atoms with Crippen molar-refractivity contribution in [1.82, 2.24) is 5.32 Å². The Morgan fingerprint density at radius 3 is 2.62 bits per heavy atom. The Morgan fingerprint density at radius 2 is 2.19 bits per heavy atom. The molecule has 5 nitrogen and oxygen atoms in total. The molecule has 0 aromatic carbocycles. The molecule has 0 aliphatic carbocycles. The highest BCUT2D eigenvalue weighted by atomic mass is 79.9. The highest BCUT2D eigenvalue weighted by Gasteiger charge is 2.27. The van der Waals surface area contributed by atoms with Crippen LogP contribution in [0.5, 0.6) is 0 Å². The van der Waals surface area contributed by atoms with Gasteiger partial charge >= 0.3 is 5.97 Å². The van der Waals surface area contributed by atoms with E-state index >= 15 is 0 Å². The van der Waals surface area contributed by atoms with Gasteiger partial charge in [-0.15, -0.1) is 0 Å². The van der Waals surface area contributed by atoms with Gasteiger partial charge in [0.05, 0.1) is 11.0 Å². The number of carboxylic acid groups (broad SMARTS) is 1. The molecule has 1 rings (SSSR count). The minimum Gasteiger partial charge on any atom is -0.481 e. The summed E-state index contributed by atoms with van der Waals surface area (Å²) in [7, 11) is 0. The summed E-state index contributed by atoms with van der Waals surface area (Å²) in [6, 6.07) is 1.52. The number of hydrogen-bond donors (Lipinski definition) is 2. The third-order valence-corrected chi connectivity index (χ3v) is 2.52. The van der Waals surface area contributed by atoms with Crippen LogP contribution in [0.25, 0.3) is 0 Å². The van der Waals surface area contributed by atoms with Gasteiger partial charge in [-0.3, -0.25) is 9.59 Å². The van der Waals surface area contributed by atoms with E-state index < -0.39 is 11.4 Å². The summed E-state index contributed by atoms with van der Waals surface area (Å²) in [6.07, 6.45) is 1.30. The van der Waals surface area contributed by atoms with Crippen LogP contribution in [0.3, 0.4) is 0 Å². The maximum atomic E-state index is 11.5. The van der Waals surface area contributed by atoms with Crippen molar-refractivity contribution in [3.63, 3.8) is 0 Å². The average molecular weight is 290 g/mol. The van der Waals surface area contributed by atoms with Gasteiger partial charge < -0.3 is 14.8 Å². The number of carbonyl (C=O) groups excluding carboxylic acids is 1. The molecule has 1 heterocycles. The molecule has 0 radical (unpaired) electrons. The van der Waals surface area contributed by atoms with Crippen molar-refractivity contribution in [2.45, 2.75) is 13.8 Å². The van der Waals surface area contributed by atoms with Crippen molar-refractivity contribution < 1.29 is 19.1 Å². The molecular formula is C10H12BrNO4. The summed E-state index contributed by atoms with van der Waals surface area (Å²) in [6.45, 7) is 3.14. The third kappa shape index (κ3) is 3.10. The summed E-state index contributed by atoms with van der Waals surface area (Å²) in [4.78, 5) is 22.3. The summed E-state index contributed by atoms with van der Waals surface area (Å²) in [5.74, 6) is -1.31. The number of carbonyl (C=O) groups is 2. The van der Waals surface area contributed by atoms with Crippen LogP contribution in [0.2, 0.25) is 0 Å². The lowest BCUT2D eigenvalue weighted by molar-refractivity contribution is -0.146. The first-order chi connectivity index (χ1) is 7.33. The Morgan fingerprint density at radius 1 is 1.56 bits per heavy atom. The van der Waals surface area contributed by atoms with Crippen LogP contribution in [0.4, 0.5) is 0 Å². The molecule has 0 fully saturated rings. The quantitative estimate of drug-likeness (QED) is 0.887. The van der Waals surface area contributed by atoms with Gasteiger partial charge in [-0.1, -0.05) is 0 Å². The Kier molecular flexibility index (Phi) is 3.74. The summed E-state index contributed by atoms with van der Waals surface area (Å²) in [5, 5.41) is 11.4. The van der Waals surface area contributed by atoms with Gasteiger partial charge in [0.25, 0.3) is 5.91 Å². The number of nitrogens with one attached hydrogen (secondary N) is 1. The van der Waals surface area contributed by atoms with Gasteiger partial charge in [-0.05, 0) is 29.8 Å². The third-order valence-electron chi connectivity index (χ3n) is 2.10. The number of hydrogen-bond acceptors (Lipinski definition) is 3. The predicted molar refractivity (Wildman–Crippen MR) is 60.2 cm³/mol. The standard InChI is InChI=1S/C10H12BrNO4/c1-10(2,9(14)15)5-12-8(13)6-3-7(11)16-4-6/h3-4H,5H2,1-2H3,(H,12,13)(H,14,15). The van der Waals surface area contributed by atoms with Crippen LogP contribution in [0, 0.1) is 5.41 Å². The Bertz CT molecular complexity index is 411. The van der Waals surface area contributed by atoms with E-state index in [1.54, 1.807) is 13.8 Å². The van der Waals surface area contributed by atoms with Gasteiger partial charge in [0.15, 0.2) is 4.67 Å². The number of aliphatic carboxylic acids is 1. The maximum Gasteiger partial charge on any atom is 0.310 e. The zero-order valence-electron chi connectivity index (χ0n) is 8.91. The van der Waals surface area contributed by atoms with Gasteiger partial charge in [0.1, 0.15) is 6.26 Å². The number of halogens is 1. The number of carboxylic acids is 1. The molecule has 1 aromatic heterocycles. The molecule has 0 bridgehead atoms. The first-order valence-electron chi connectivity index (χ1n) is 4.58. The molecule has 6 heteroatoms. The first kappa shape index (κ1) is 12.8. The van der Waals surface area contributed by atoms with Gasteiger partial charge in [-0.2, -0.15) is 0 Å². The molecule has 0 saturated heterocycles. The largest absolute Gasteiger partial charge is 0.481 e. The molecule has 2 N–H and O–H groups in total. The zero-order chi connectivity index (χ0) is 12.3. The van der Waals surface area contributed by atoms with Crippen molar-refractivity contribution in [1.29, 1.82) is 0 Å². The zero-order valence-corrected chi connectivity index (χ0v) is 10.5. The van der Waals surface area contributed by atoms with E-state index in [0.717, 1.165) is 0 Å². The van der Waals surface area contributed by atoms with Gasteiger partial charge in [-0.25, -0.2) is 0 Å². The van der Waals surface area contributed by atoms with Crippen LogP contribution >= 0.6 is 15.9 Å². The first-order valence-corrected chi connectivity index (χ1v) is 5.38. The number of amides is 1. The molecule has 0 aliphatic heterocycles. The minimum absolute atomic E-state index is 0.0595. The Hall–Kier alpha value is -1.30. The maximum absolute atomic E-state index is 11.5. The minimum atomic E-state index is -0.989. The fourth-order valence-electron chi connectivity index (χ4n) is 0.908. The lowest BCUT2D eigenvalue weighted by atomic mass is 9.94. The fraction of sp³-hybridized carbons (Fsp3) is 0.400. The van der Waals surface area contributed by atoms with Crippen LogP contribution in [-0.4, -0.2) is 23.5 Å².